The number of nitrogens with one attached hydrogen (secondary N) is 1. The highest BCUT2D eigenvalue weighted by atomic mass is 35.5. The third-order valence-corrected chi connectivity index (χ3v) is 0.679. The quantitative estimate of drug-likeness (QED) is 0.331. The fraction of sp³-hybridized carbons (Fsp3) is 0.200. The molecule has 0 atom stereocenters. The van der Waals surface area contributed by atoms with Crippen LogP contribution in [-0.2, 0) is 4.79 Å². The van der Waals surface area contributed by atoms with E-state index in [1.54, 1.807) is 0 Å². The maximum absolute atomic E-state index is 10.2. The molecule has 0 aliphatic carbocycles. The minimum Gasteiger partial charge on any atom is -0.346 e. The molecule has 1 amide bonds. The molecule has 0 fully saturated rings. The van der Waals surface area contributed by atoms with Gasteiger partial charge in [0.2, 0.25) is 5.91 Å². The topological polar surface area (TPSA) is 29.1 Å². The van der Waals surface area contributed by atoms with Crippen molar-refractivity contribution in [1.82, 2.24) is 5.32 Å². The van der Waals surface area contributed by atoms with E-state index in [9.17, 15) is 4.79 Å². The minimum absolute atomic E-state index is 0.327. The Labute approximate surface area is 53.5 Å². The first-order valence-corrected chi connectivity index (χ1v) is 2.57. The second kappa shape index (κ2) is 4.65. The van der Waals surface area contributed by atoms with Crippen molar-refractivity contribution in [2.45, 2.75) is 0 Å². The molecule has 0 aromatic heterocycles. The lowest BCUT2D eigenvalue weighted by Crippen LogP contribution is -2.11. The maximum atomic E-state index is 10.2. The summed E-state index contributed by atoms with van der Waals surface area (Å²) >= 11 is 5.19. The molecule has 2 nitrogen and oxygen atoms in total. The summed E-state index contributed by atoms with van der Waals surface area (Å²) in [6.45, 7) is 0. The Bertz CT molecular complexity index is 101. The van der Waals surface area contributed by atoms with E-state index in [0.717, 1.165) is 0 Å². The van der Waals surface area contributed by atoms with Gasteiger partial charge in [-0.25, -0.2) is 0 Å². The molecule has 0 saturated heterocycles. The summed E-state index contributed by atoms with van der Waals surface area (Å²) in [5.41, 5.74) is 0. The van der Waals surface area contributed by atoms with Gasteiger partial charge in [-0.2, -0.15) is 0 Å². The van der Waals surface area contributed by atoms with E-state index < -0.39 is 0 Å². The van der Waals surface area contributed by atoms with Crippen molar-refractivity contribution in [1.29, 1.82) is 0 Å². The molecule has 0 aromatic rings. The number of hydrogen-bond donors (Lipinski definition) is 1. The van der Waals surface area contributed by atoms with Gasteiger partial charge in [0.1, 0.15) is 0 Å². The van der Waals surface area contributed by atoms with Crippen molar-refractivity contribution in [3.8, 4) is 0 Å². The van der Waals surface area contributed by atoms with Gasteiger partial charge in [0.15, 0.2) is 0 Å². The van der Waals surface area contributed by atoms with Crippen LogP contribution in [0.2, 0.25) is 0 Å². The Balaban J connectivity index is 3.37. The first kappa shape index (κ1) is 7.50. The van der Waals surface area contributed by atoms with Crippen molar-refractivity contribution in [3.63, 3.8) is 0 Å². The third-order valence-electron chi connectivity index (χ3n) is 0.501. The number of hydrogen-bond acceptors (Lipinski definition) is 1. The van der Waals surface area contributed by atoms with Crippen LogP contribution in [0.4, 0.5) is 0 Å². The Morgan fingerprint density at radius 3 is 2.88 bits per heavy atom. The van der Waals surface area contributed by atoms with Gasteiger partial charge in [0.05, 0.1) is 7.05 Å². The average molecular weight is 132 g/mol. The third kappa shape index (κ3) is 3.68. The van der Waals surface area contributed by atoms with Crippen LogP contribution in [0, 0.1) is 7.05 Å². The molecule has 2 radical (unpaired) electrons. The summed E-state index contributed by atoms with van der Waals surface area (Å²) in [7, 11) is 4.72. The molecule has 0 heterocycles. The summed E-state index contributed by atoms with van der Waals surface area (Å²) in [4.78, 5) is 10.2. The van der Waals surface area contributed by atoms with E-state index in [2.05, 4.69) is 0 Å². The molecule has 0 rings (SSSR count). The smallest absolute Gasteiger partial charge is 0.244 e. The Morgan fingerprint density at radius 2 is 2.50 bits per heavy atom. The van der Waals surface area contributed by atoms with Gasteiger partial charge < -0.3 is 5.32 Å². The monoisotopic (exact) mass is 131 g/mol. The van der Waals surface area contributed by atoms with Crippen LogP contribution in [0.1, 0.15) is 0 Å². The van der Waals surface area contributed by atoms with Crippen molar-refractivity contribution in [2.24, 2.45) is 0 Å². The lowest BCUT2D eigenvalue weighted by Gasteiger charge is -1.84. The molecule has 0 unspecified atom stereocenters. The number of amides is 1. The van der Waals surface area contributed by atoms with Gasteiger partial charge in [-0.1, -0.05) is 6.08 Å². The van der Waals surface area contributed by atoms with Crippen LogP contribution in [0.5, 0.6) is 0 Å². The highest BCUT2D eigenvalue weighted by Crippen LogP contribution is 1.76. The normalized spacial score (nSPS) is 9.75. The highest BCUT2D eigenvalue weighted by molar-refractivity contribution is 6.19. The van der Waals surface area contributed by atoms with Crippen LogP contribution in [-0.4, -0.2) is 11.8 Å². The Morgan fingerprint density at radius 1 is 1.88 bits per heavy atom. The second-order valence-electron chi connectivity index (χ2n) is 1.07. The number of halogens is 1. The predicted octanol–water partition coefficient (Wildman–Crippen LogP) is 0.566. The number of carbonyl (C=O) groups excluding carboxylic acids is 1. The van der Waals surface area contributed by atoms with Gasteiger partial charge >= 0.3 is 0 Å². The highest BCUT2D eigenvalue weighted by Gasteiger charge is 1.83. The summed E-state index contributed by atoms with van der Waals surface area (Å²) in [5.74, 6) is -0.0152. The van der Waals surface area contributed by atoms with Crippen LogP contribution in [0.3, 0.4) is 0 Å². The summed E-state index contributed by atoms with van der Waals surface area (Å²) in [5, 5.41) is 1.92. The van der Waals surface area contributed by atoms with E-state index in [1.165, 1.54) is 12.2 Å². The van der Waals surface area contributed by atoms with Gasteiger partial charge in [0, 0.05) is 12.0 Å². The predicted molar refractivity (Wildman–Crippen MR) is 32.3 cm³/mol. The van der Waals surface area contributed by atoms with Crippen molar-refractivity contribution in [3.05, 3.63) is 19.2 Å². The molecule has 0 aromatic carbocycles. The van der Waals surface area contributed by atoms with E-state index in [0.29, 0.717) is 5.88 Å². The number of allylic oxidation sites excluding steroid dienone is 1. The van der Waals surface area contributed by atoms with Crippen LogP contribution in [0.15, 0.2) is 12.2 Å². The van der Waals surface area contributed by atoms with Gasteiger partial charge in [-0.05, 0) is 0 Å². The standard InChI is InChI=1S/C5H6ClNO/c1-7-5(8)3-2-4-6/h1-3H,4H2,(H,7,8)/b3-2+. The van der Waals surface area contributed by atoms with E-state index in [4.69, 9.17) is 18.6 Å². The minimum atomic E-state index is -0.342. The van der Waals surface area contributed by atoms with Crippen molar-refractivity contribution in [2.75, 3.05) is 5.88 Å². The molecular formula is C5H6ClNO. The first-order chi connectivity index (χ1) is 3.81. The van der Waals surface area contributed by atoms with E-state index in [-0.39, 0.29) is 5.91 Å². The first-order valence-electron chi connectivity index (χ1n) is 2.04. The Hall–Kier alpha value is -0.500. The second-order valence-corrected chi connectivity index (χ2v) is 1.37. The zero-order valence-corrected chi connectivity index (χ0v) is 4.98. The molecule has 44 valence electrons. The SMILES string of the molecule is [CH]NC(=O)/C=C/CCl. The molecule has 0 aliphatic heterocycles. The largest absolute Gasteiger partial charge is 0.346 e. The van der Waals surface area contributed by atoms with Crippen LogP contribution < -0.4 is 5.32 Å². The number of rotatable bonds is 2. The molecule has 1 N–H and O–H groups in total. The maximum Gasteiger partial charge on any atom is 0.244 e. The lowest BCUT2D eigenvalue weighted by atomic mass is 10.5. The van der Waals surface area contributed by atoms with Crippen LogP contribution in [0.25, 0.3) is 0 Å². The molecule has 0 aliphatic rings. The van der Waals surface area contributed by atoms with Crippen molar-refractivity contribution < 1.29 is 4.79 Å². The summed E-state index contributed by atoms with van der Waals surface area (Å²) < 4.78 is 0. The zero-order chi connectivity index (χ0) is 6.41. The molecule has 0 saturated carbocycles. The van der Waals surface area contributed by atoms with Gasteiger partial charge in [0.25, 0.3) is 0 Å². The summed E-state index contributed by atoms with van der Waals surface area (Å²) in [6.07, 6.45) is 2.77. The molecule has 0 spiro atoms. The van der Waals surface area contributed by atoms with Crippen LogP contribution >= 0.6 is 11.6 Å². The molecular weight excluding hydrogens is 126 g/mol. The summed E-state index contributed by atoms with van der Waals surface area (Å²) in [6, 6.07) is 0. The zero-order valence-electron chi connectivity index (χ0n) is 4.23. The Kier molecular flexibility index (Phi) is 4.36. The van der Waals surface area contributed by atoms with E-state index in [1.807, 2.05) is 5.32 Å². The fourth-order valence-corrected chi connectivity index (χ4v) is 0.289. The molecule has 3 heteroatoms. The molecule has 0 bridgehead atoms. The number of carbonyl (C=O) groups is 1. The number of alkyl halides is 1. The van der Waals surface area contributed by atoms with Crippen molar-refractivity contribution >= 4 is 17.5 Å². The lowest BCUT2D eigenvalue weighted by molar-refractivity contribution is -0.115. The van der Waals surface area contributed by atoms with Gasteiger partial charge in [-0.3, -0.25) is 4.79 Å². The van der Waals surface area contributed by atoms with Gasteiger partial charge in [-0.15, -0.1) is 11.6 Å². The van der Waals surface area contributed by atoms with E-state index >= 15 is 0 Å². The molecule has 8 heavy (non-hydrogen) atoms. The average Bonchev–Trinajstić information content (AvgIpc) is 1.83. The fourth-order valence-electron chi connectivity index (χ4n) is 0.200.